The number of amides is 1. The highest BCUT2D eigenvalue weighted by Crippen LogP contribution is 2.39. The number of carboxylic acids is 1. The second-order valence-electron chi connectivity index (χ2n) is 16.1. The van der Waals surface area contributed by atoms with Crippen molar-refractivity contribution in [1.29, 1.82) is 0 Å². The van der Waals surface area contributed by atoms with Crippen molar-refractivity contribution in [1.82, 2.24) is 10.2 Å². The standard InChI is InChI=1S/C49H72N2O6/c1-3-5-7-9-13-17-32-51(33-18-14-10-8-6-4-2)37-45-35-46(42-26-24-39(38-52)25-27-42)57-49(56-45)43-30-28-41(29-31-43)44-21-19-20-40(34-44)36-50-47(53)22-15-11-12-16-23-48(54)55/h19-21,24-31,34,45-46,49,52H,3-18,22-23,32-33,35-38H2,1-2H3,(H,50,53)(H,54,55)/t45-,46+,49+/m1/s1. The lowest BCUT2D eigenvalue weighted by Crippen LogP contribution is -2.40. The lowest BCUT2D eigenvalue weighted by molar-refractivity contribution is -0.253. The Bertz CT molecular complexity index is 1530. The van der Waals surface area contributed by atoms with E-state index in [1.54, 1.807) is 0 Å². The summed E-state index contributed by atoms with van der Waals surface area (Å²) >= 11 is 0. The normalized spacial score (nSPS) is 16.9. The largest absolute Gasteiger partial charge is 0.481 e. The highest BCUT2D eigenvalue weighted by molar-refractivity contribution is 5.76. The molecule has 314 valence electrons. The zero-order valence-electron chi connectivity index (χ0n) is 35.1. The molecule has 1 saturated heterocycles. The zero-order valence-corrected chi connectivity index (χ0v) is 35.1. The topological polar surface area (TPSA) is 108 Å². The quantitative estimate of drug-likeness (QED) is 0.0602. The Hall–Kier alpha value is -3.56. The second-order valence-corrected chi connectivity index (χ2v) is 16.1. The molecule has 0 bridgehead atoms. The number of hydrogen-bond acceptors (Lipinski definition) is 6. The van der Waals surface area contributed by atoms with Gasteiger partial charge in [0.1, 0.15) is 0 Å². The number of nitrogens with one attached hydrogen (secondary N) is 1. The van der Waals surface area contributed by atoms with Crippen LogP contribution in [0.3, 0.4) is 0 Å². The molecule has 4 rings (SSSR count). The molecule has 0 aromatic heterocycles. The summed E-state index contributed by atoms with van der Waals surface area (Å²) in [4.78, 5) is 25.8. The molecule has 8 heteroatoms. The number of aliphatic carboxylic acids is 1. The fourth-order valence-electron chi connectivity index (χ4n) is 7.74. The lowest BCUT2D eigenvalue weighted by Gasteiger charge is -2.38. The first-order chi connectivity index (χ1) is 27.9. The zero-order chi connectivity index (χ0) is 40.5. The number of unbranched alkanes of at least 4 members (excludes halogenated alkanes) is 13. The molecule has 0 aliphatic carbocycles. The van der Waals surface area contributed by atoms with Crippen molar-refractivity contribution >= 4 is 11.9 Å². The Labute approximate surface area is 343 Å². The molecule has 3 aromatic rings. The fraction of sp³-hybridized carbons (Fsp3) is 0.592. The maximum absolute atomic E-state index is 12.5. The van der Waals surface area contributed by atoms with Crippen LogP contribution >= 0.6 is 0 Å². The molecule has 0 unspecified atom stereocenters. The van der Waals surface area contributed by atoms with E-state index in [9.17, 15) is 14.7 Å². The molecule has 57 heavy (non-hydrogen) atoms. The minimum atomic E-state index is -0.766. The molecule has 0 spiro atoms. The average Bonchev–Trinajstić information content (AvgIpc) is 3.23. The van der Waals surface area contributed by atoms with E-state index in [1.165, 1.54) is 77.0 Å². The molecule has 1 amide bonds. The molecular weight excluding hydrogens is 713 g/mol. The molecule has 1 aliphatic heterocycles. The Morgan fingerprint density at radius 1 is 0.667 bits per heavy atom. The summed E-state index contributed by atoms with van der Waals surface area (Å²) in [5, 5.41) is 21.5. The number of carbonyl (C=O) groups excluding carboxylic acids is 1. The number of aliphatic hydroxyl groups excluding tert-OH is 1. The van der Waals surface area contributed by atoms with Crippen LogP contribution in [0, 0.1) is 0 Å². The van der Waals surface area contributed by atoms with E-state index in [2.05, 4.69) is 72.6 Å². The van der Waals surface area contributed by atoms with Gasteiger partial charge in [-0.15, -0.1) is 0 Å². The van der Waals surface area contributed by atoms with Crippen LogP contribution in [-0.4, -0.2) is 52.7 Å². The van der Waals surface area contributed by atoms with Crippen LogP contribution in [0.1, 0.15) is 170 Å². The smallest absolute Gasteiger partial charge is 0.303 e. The van der Waals surface area contributed by atoms with Gasteiger partial charge in [-0.3, -0.25) is 9.59 Å². The SMILES string of the molecule is CCCCCCCCN(CCCCCCCC)C[C@H]1C[C@@H](c2ccc(CO)cc2)O[C@@H](c2ccc(-c3cccc(CNC(=O)CCCCCCC(=O)O)c3)cc2)O1. The second kappa shape index (κ2) is 27.2. The fourth-order valence-corrected chi connectivity index (χ4v) is 7.74. The predicted molar refractivity (Wildman–Crippen MR) is 231 cm³/mol. The number of carboxylic acid groups (broad SMARTS) is 1. The van der Waals surface area contributed by atoms with E-state index < -0.39 is 12.3 Å². The van der Waals surface area contributed by atoms with Crippen LogP contribution in [-0.2, 0) is 32.2 Å². The third kappa shape index (κ3) is 17.9. The van der Waals surface area contributed by atoms with E-state index in [4.69, 9.17) is 14.6 Å². The van der Waals surface area contributed by atoms with Crippen LogP contribution in [0.5, 0.6) is 0 Å². The van der Waals surface area contributed by atoms with Crippen LogP contribution in [0.4, 0.5) is 0 Å². The predicted octanol–water partition coefficient (Wildman–Crippen LogP) is 11.5. The summed E-state index contributed by atoms with van der Waals surface area (Å²) in [5.41, 5.74) is 6.20. The average molecular weight is 785 g/mol. The van der Waals surface area contributed by atoms with Crippen molar-refractivity contribution in [3.63, 3.8) is 0 Å². The van der Waals surface area contributed by atoms with Crippen LogP contribution < -0.4 is 5.32 Å². The highest BCUT2D eigenvalue weighted by atomic mass is 16.7. The summed E-state index contributed by atoms with van der Waals surface area (Å²) < 4.78 is 13.6. The van der Waals surface area contributed by atoms with Gasteiger partial charge in [0.2, 0.25) is 5.91 Å². The Morgan fingerprint density at radius 2 is 1.26 bits per heavy atom. The van der Waals surface area contributed by atoms with Gasteiger partial charge in [0.15, 0.2) is 6.29 Å². The Morgan fingerprint density at radius 3 is 1.89 bits per heavy atom. The van der Waals surface area contributed by atoms with Gasteiger partial charge < -0.3 is 29.9 Å². The molecule has 3 N–H and O–H groups in total. The Kier molecular flexibility index (Phi) is 22.0. The van der Waals surface area contributed by atoms with Crippen molar-refractivity contribution in [3.05, 3.63) is 95.1 Å². The molecule has 0 saturated carbocycles. The van der Waals surface area contributed by atoms with Gasteiger partial charge in [-0.1, -0.05) is 158 Å². The number of nitrogens with zero attached hydrogens (tertiary/aromatic N) is 1. The minimum Gasteiger partial charge on any atom is -0.481 e. The number of rotatable bonds is 29. The van der Waals surface area contributed by atoms with Crippen LogP contribution in [0.25, 0.3) is 11.1 Å². The molecule has 1 fully saturated rings. The lowest BCUT2D eigenvalue weighted by atomic mass is 9.98. The number of benzene rings is 3. The van der Waals surface area contributed by atoms with Gasteiger partial charge in [0, 0.05) is 37.9 Å². The number of carbonyl (C=O) groups is 2. The van der Waals surface area contributed by atoms with Crippen molar-refractivity contribution in [2.45, 2.75) is 167 Å². The van der Waals surface area contributed by atoms with Crippen LogP contribution in [0.15, 0.2) is 72.8 Å². The molecule has 0 radical (unpaired) electrons. The third-order valence-corrected chi connectivity index (χ3v) is 11.2. The van der Waals surface area contributed by atoms with Gasteiger partial charge in [-0.25, -0.2) is 0 Å². The van der Waals surface area contributed by atoms with E-state index in [0.717, 1.165) is 78.7 Å². The Balaban J connectivity index is 1.40. The van der Waals surface area contributed by atoms with Crippen molar-refractivity contribution in [2.75, 3.05) is 19.6 Å². The van der Waals surface area contributed by atoms with Gasteiger partial charge >= 0.3 is 5.97 Å². The summed E-state index contributed by atoms with van der Waals surface area (Å²) in [6.07, 6.45) is 19.5. The first-order valence-corrected chi connectivity index (χ1v) is 22.3. The van der Waals surface area contributed by atoms with E-state index in [0.29, 0.717) is 19.4 Å². The van der Waals surface area contributed by atoms with Crippen molar-refractivity contribution < 1.29 is 29.3 Å². The van der Waals surface area contributed by atoms with Gasteiger partial charge in [0.05, 0.1) is 18.8 Å². The molecule has 8 nitrogen and oxygen atoms in total. The van der Waals surface area contributed by atoms with Gasteiger partial charge in [-0.2, -0.15) is 0 Å². The van der Waals surface area contributed by atoms with E-state index in [-0.39, 0.29) is 31.1 Å². The van der Waals surface area contributed by atoms with Gasteiger partial charge in [-0.05, 0) is 72.7 Å². The number of hydrogen-bond donors (Lipinski definition) is 3. The molecule has 1 heterocycles. The number of ether oxygens (including phenoxy) is 2. The first-order valence-electron chi connectivity index (χ1n) is 22.3. The summed E-state index contributed by atoms with van der Waals surface area (Å²) in [5.74, 6) is -0.749. The highest BCUT2D eigenvalue weighted by Gasteiger charge is 2.33. The first kappa shape index (κ1) is 46.1. The van der Waals surface area contributed by atoms with Crippen LogP contribution in [0.2, 0.25) is 0 Å². The van der Waals surface area contributed by atoms with Crippen molar-refractivity contribution in [2.24, 2.45) is 0 Å². The maximum atomic E-state index is 12.5. The van der Waals surface area contributed by atoms with Crippen molar-refractivity contribution in [3.8, 4) is 11.1 Å². The maximum Gasteiger partial charge on any atom is 0.303 e. The third-order valence-electron chi connectivity index (χ3n) is 11.2. The number of aliphatic hydroxyl groups is 1. The van der Waals surface area contributed by atoms with E-state index >= 15 is 0 Å². The monoisotopic (exact) mass is 785 g/mol. The summed E-state index contributed by atoms with van der Waals surface area (Å²) in [7, 11) is 0. The molecule has 3 aromatic carbocycles. The summed E-state index contributed by atoms with van der Waals surface area (Å²) in [6.45, 7) is 8.14. The van der Waals surface area contributed by atoms with E-state index in [1.807, 2.05) is 24.3 Å². The summed E-state index contributed by atoms with van der Waals surface area (Å²) in [6, 6.07) is 24.9. The molecule has 1 aliphatic rings. The minimum absolute atomic E-state index is 0.0179. The van der Waals surface area contributed by atoms with Gasteiger partial charge in [0.25, 0.3) is 0 Å². The molecular formula is C49H72N2O6. The molecule has 3 atom stereocenters.